The molecular weight excluding hydrogens is 327 g/mol. The molecule has 2 N–H and O–H groups in total. The Morgan fingerprint density at radius 3 is 2.87 bits per heavy atom. The first-order valence-electron chi connectivity index (χ1n) is 6.79. The molecule has 0 aliphatic carbocycles. The lowest BCUT2D eigenvalue weighted by Crippen LogP contribution is -2.12. The average Bonchev–Trinajstić information content (AvgIpc) is 3.08. The molecule has 23 heavy (non-hydrogen) atoms. The highest BCUT2D eigenvalue weighted by molar-refractivity contribution is 7.71. The minimum Gasteiger partial charge on any atom is -0.360 e. The summed E-state index contributed by atoms with van der Waals surface area (Å²) in [6.45, 7) is 2.03. The van der Waals surface area contributed by atoms with Gasteiger partial charge in [-0.25, -0.2) is 5.10 Å². The Hall–Kier alpha value is -2.42. The van der Waals surface area contributed by atoms with E-state index in [2.05, 4.69) is 20.3 Å². The van der Waals surface area contributed by atoms with Crippen molar-refractivity contribution in [3.63, 3.8) is 0 Å². The SMILES string of the molecule is CCc1cccc2c(/C=N/n3c(C(F)(F)F)n[nH]c3=S)c[nH]c12. The number of alkyl halides is 3. The summed E-state index contributed by atoms with van der Waals surface area (Å²) >= 11 is 4.80. The summed E-state index contributed by atoms with van der Waals surface area (Å²) in [5, 5.41) is 10.00. The Balaban J connectivity index is 2.05. The van der Waals surface area contributed by atoms with Crippen LogP contribution in [0.1, 0.15) is 23.9 Å². The Bertz CT molecular complexity index is 932. The molecule has 0 aliphatic rings. The van der Waals surface area contributed by atoms with E-state index in [1.807, 2.05) is 25.1 Å². The van der Waals surface area contributed by atoms with Gasteiger partial charge in [0.15, 0.2) is 0 Å². The van der Waals surface area contributed by atoms with E-state index in [1.54, 1.807) is 6.20 Å². The Kier molecular flexibility index (Phi) is 3.80. The number of para-hydroxylation sites is 1. The van der Waals surface area contributed by atoms with Crippen LogP contribution in [0.25, 0.3) is 10.9 Å². The predicted molar refractivity (Wildman–Crippen MR) is 83.1 cm³/mol. The van der Waals surface area contributed by atoms with Gasteiger partial charge in [0.05, 0.1) is 6.21 Å². The minimum absolute atomic E-state index is 0.220. The lowest BCUT2D eigenvalue weighted by atomic mass is 10.1. The number of aromatic amines is 2. The van der Waals surface area contributed by atoms with Crippen molar-refractivity contribution < 1.29 is 13.2 Å². The third-order valence-corrected chi connectivity index (χ3v) is 3.70. The van der Waals surface area contributed by atoms with Gasteiger partial charge in [0, 0.05) is 22.7 Å². The number of fused-ring (bicyclic) bond motifs is 1. The molecule has 0 spiro atoms. The fourth-order valence-electron chi connectivity index (χ4n) is 2.34. The van der Waals surface area contributed by atoms with Gasteiger partial charge in [0.1, 0.15) is 0 Å². The van der Waals surface area contributed by atoms with Crippen molar-refractivity contribution >= 4 is 29.3 Å². The molecule has 120 valence electrons. The zero-order valence-corrected chi connectivity index (χ0v) is 12.8. The van der Waals surface area contributed by atoms with E-state index in [0.717, 1.165) is 22.9 Å². The van der Waals surface area contributed by atoms with Gasteiger partial charge in [-0.3, -0.25) is 0 Å². The van der Waals surface area contributed by atoms with Crippen molar-refractivity contribution in [3.05, 3.63) is 46.1 Å². The van der Waals surface area contributed by atoms with Gasteiger partial charge in [-0.1, -0.05) is 25.1 Å². The van der Waals surface area contributed by atoms with Crippen LogP contribution in [-0.4, -0.2) is 26.1 Å². The summed E-state index contributed by atoms with van der Waals surface area (Å²) in [6, 6.07) is 5.77. The highest BCUT2D eigenvalue weighted by Crippen LogP contribution is 2.27. The molecule has 3 rings (SSSR count). The van der Waals surface area contributed by atoms with Gasteiger partial charge in [-0.15, -0.1) is 5.10 Å². The highest BCUT2D eigenvalue weighted by atomic mass is 32.1. The van der Waals surface area contributed by atoms with Crippen LogP contribution in [0, 0.1) is 4.77 Å². The third-order valence-electron chi connectivity index (χ3n) is 3.43. The highest BCUT2D eigenvalue weighted by Gasteiger charge is 2.37. The maximum atomic E-state index is 12.8. The molecule has 9 heteroatoms. The van der Waals surface area contributed by atoms with E-state index < -0.39 is 12.0 Å². The van der Waals surface area contributed by atoms with E-state index in [9.17, 15) is 13.2 Å². The third kappa shape index (κ3) is 2.79. The molecule has 5 nitrogen and oxygen atoms in total. The van der Waals surface area contributed by atoms with Crippen molar-refractivity contribution in [2.24, 2.45) is 5.10 Å². The van der Waals surface area contributed by atoms with Crippen LogP contribution in [0.5, 0.6) is 0 Å². The molecule has 0 saturated heterocycles. The second kappa shape index (κ2) is 5.65. The quantitative estimate of drug-likeness (QED) is 0.562. The standard InChI is InChI=1S/C14H12F3N5S/c1-2-8-4-3-5-10-9(6-18-11(8)10)7-19-22-12(14(15,16)17)20-21-13(22)23/h3-7,18H,2H2,1H3,(H,21,23)/b19-7+. The topological polar surface area (TPSA) is 61.8 Å². The molecule has 0 bridgehead atoms. The van der Waals surface area contributed by atoms with E-state index >= 15 is 0 Å². The first-order chi connectivity index (χ1) is 10.9. The monoisotopic (exact) mass is 339 g/mol. The molecule has 2 aromatic heterocycles. The lowest BCUT2D eigenvalue weighted by Gasteiger charge is -2.03. The van der Waals surface area contributed by atoms with Gasteiger partial charge in [-0.2, -0.15) is 22.9 Å². The van der Waals surface area contributed by atoms with E-state index in [1.165, 1.54) is 6.21 Å². The first kappa shape index (κ1) is 15.5. The molecule has 0 unspecified atom stereocenters. The van der Waals surface area contributed by atoms with E-state index in [-0.39, 0.29) is 4.77 Å². The van der Waals surface area contributed by atoms with Crippen molar-refractivity contribution in [2.75, 3.05) is 0 Å². The zero-order chi connectivity index (χ0) is 16.6. The van der Waals surface area contributed by atoms with Crippen molar-refractivity contribution in [1.82, 2.24) is 19.9 Å². The Morgan fingerprint density at radius 2 is 2.17 bits per heavy atom. The maximum absolute atomic E-state index is 12.8. The van der Waals surface area contributed by atoms with Crippen LogP contribution < -0.4 is 0 Å². The summed E-state index contributed by atoms with van der Waals surface area (Å²) in [6.07, 6.45) is -0.761. The molecule has 0 fully saturated rings. The smallest absolute Gasteiger partial charge is 0.360 e. The van der Waals surface area contributed by atoms with Crippen LogP contribution >= 0.6 is 12.2 Å². The second-order valence-corrected chi connectivity index (χ2v) is 5.23. The zero-order valence-electron chi connectivity index (χ0n) is 12.0. The van der Waals surface area contributed by atoms with Gasteiger partial charge in [-0.05, 0) is 24.2 Å². The molecule has 1 aromatic carbocycles. The van der Waals surface area contributed by atoms with Crippen LogP contribution in [0.4, 0.5) is 13.2 Å². The van der Waals surface area contributed by atoms with Crippen LogP contribution in [0.15, 0.2) is 29.5 Å². The van der Waals surface area contributed by atoms with E-state index in [4.69, 9.17) is 12.2 Å². The molecule has 3 aromatic rings. The molecule has 0 saturated carbocycles. The van der Waals surface area contributed by atoms with Crippen LogP contribution in [-0.2, 0) is 12.6 Å². The lowest BCUT2D eigenvalue weighted by molar-refractivity contribution is -0.147. The Labute approximate surface area is 133 Å². The summed E-state index contributed by atoms with van der Waals surface area (Å²) in [7, 11) is 0. The molecule has 0 aliphatic heterocycles. The van der Waals surface area contributed by atoms with Crippen molar-refractivity contribution in [2.45, 2.75) is 19.5 Å². The fourth-order valence-corrected chi connectivity index (χ4v) is 2.52. The van der Waals surface area contributed by atoms with Gasteiger partial charge in [0.2, 0.25) is 4.77 Å². The van der Waals surface area contributed by atoms with Gasteiger partial charge >= 0.3 is 6.18 Å². The average molecular weight is 339 g/mol. The molecule has 0 radical (unpaired) electrons. The number of nitrogens with one attached hydrogen (secondary N) is 2. The summed E-state index contributed by atoms with van der Waals surface area (Å²) in [5.74, 6) is -1.19. The largest absolute Gasteiger partial charge is 0.453 e. The predicted octanol–water partition coefficient (Wildman–Crippen LogP) is 3.89. The summed E-state index contributed by atoms with van der Waals surface area (Å²) < 4.78 is 38.9. The van der Waals surface area contributed by atoms with Gasteiger partial charge in [0.25, 0.3) is 5.82 Å². The molecule has 0 amide bonds. The molecule has 0 atom stereocenters. The number of aryl methyl sites for hydroxylation is 1. The number of rotatable bonds is 3. The summed E-state index contributed by atoms with van der Waals surface area (Å²) in [4.78, 5) is 3.13. The van der Waals surface area contributed by atoms with E-state index in [0.29, 0.717) is 10.2 Å². The number of halogens is 3. The number of hydrogen-bond acceptors (Lipinski definition) is 3. The summed E-state index contributed by atoms with van der Waals surface area (Å²) in [5.41, 5.74) is 2.74. The first-order valence-corrected chi connectivity index (χ1v) is 7.20. The normalized spacial score (nSPS) is 12.5. The van der Waals surface area contributed by atoms with Crippen molar-refractivity contribution in [3.8, 4) is 0 Å². The number of H-pyrrole nitrogens is 2. The number of benzene rings is 1. The fraction of sp³-hybridized carbons (Fsp3) is 0.214. The van der Waals surface area contributed by atoms with Crippen LogP contribution in [0.3, 0.4) is 0 Å². The molecule has 2 heterocycles. The maximum Gasteiger partial charge on any atom is 0.453 e. The van der Waals surface area contributed by atoms with Gasteiger partial charge < -0.3 is 4.98 Å². The number of nitrogens with zero attached hydrogens (tertiary/aromatic N) is 3. The van der Waals surface area contributed by atoms with Crippen LogP contribution in [0.2, 0.25) is 0 Å². The number of aromatic nitrogens is 4. The van der Waals surface area contributed by atoms with Crippen molar-refractivity contribution in [1.29, 1.82) is 0 Å². The minimum atomic E-state index is -4.64. The molecular formula is C14H12F3N5S. The number of hydrogen-bond donors (Lipinski definition) is 2. The second-order valence-electron chi connectivity index (χ2n) is 4.84. The Morgan fingerprint density at radius 1 is 1.39 bits per heavy atom.